The van der Waals surface area contributed by atoms with Gasteiger partial charge in [-0.2, -0.15) is 0 Å². The molecule has 1 unspecified atom stereocenters. The molecule has 0 saturated heterocycles. The molecule has 1 aliphatic rings. The van der Waals surface area contributed by atoms with E-state index in [1.807, 2.05) is 32.0 Å². The van der Waals surface area contributed by atoms with E-state index in [0.29, 0.717) is 17.3 Å². The van der Waals surface area contributed by atoms with Crippen LogP contribution in [0.1, 0.15) is 32.3 Å². The average molecular weight is 375 g/mol. The van der Waals surface area contributed by atoms with Crippen LogP contribution in [-0.2, 0) is 21.4 Å². The van der Waals surface area contributed by atoms with Crippen molar-refractivity contribution in [3.63, 3.8) is 0 Å². The highest BCUT2D eigenvalue weighted by Gasteiger charge is 2.38. The summed E-state index contributed by atoms with van der Waals surface area (Å²) in [5.74, 6) is 0.916. The smallest absolute Gasteiger partial charge is 0.234 e. The molecule has 1 amide bonds. The first-order valence-electron chi connectivity index (χ1n) is 8.60. The van der Waals surface area contributed by atoms with Gasteiger partial charge in [0, 0.05) is 5.69 Å². The third kappa shape index (κ3) is 4.02. The highest BCUT2D eigenvalue weighted by molar-refractivity contribution is 7.91. The Morgan fingerprint density at radius 2 is 1.88 bits per heavy atom. The Morgan fingerprint density at radius 3 is 2.62 bits per heavy atom. The van der Waals surface area contributed by atoms with E-state index in [9.17, 15) is 13.7 Å². The second-order valence-electron chi connectivity index (χ2n) is 6.85. The number of amides is 1. The summed E-state index contributed by atoms with van der Waals surface area (Å²) >= 11 is -1.12. The van der Waals surface area contributed by atoms with Crippen LogP contribution in [0.5, 0.6) is 5.75 Å². The first-order valence-corrected chi connectivity index (χ1v) is 9.92. The Bertz CT molecular complexity index is 792. The Kier molecular flexibility index (Phi) is 5.53. The topological polar surface area (TPSA) is 61.4 Å². The molecular weight excluding hydrogens is 353 g/mol. The minimum atomic E-state index is -1.12. The first kappa shape index (κ1) is 18.7. The molecular formula is C20H22FNO3S. The molecule has 26 heavy (non-hydrogen) atoms. The van der Waals surface area contributed by atoms with Crippen molar-refractivity contribution in [2.45, 2.75) is 37.0 Å². The number of unbranched alkanes of at least 4 members (excludes halogenated alkanes) is 1. The van der Waals surface area contributed by atoms with E-state index >= 15 is 0 Å². The van der Waals surface area contributed by atoms with Gasteiger partial charge in [0.15, 0.2) is 4.90 Å². The van der Waals surface area contributed by atoms with Crippen molar-refractivity contribution in [1.29, 1.82) is 0 Å². The lowest BCUT2D eigenvalue weighted by molar-refractivity contribution is -0.119. The number of nitrogens with one attached hydrogen (secondary N) is 1. The molecule has 4 nitrogen and oxygen atoms in total. The lowest BCUT2D eigenvalue weighted by atomic mass is 9.86. The predicted molar refractivity (Wildman–Crippen MR) is 101 cm³/mol. The molecule has 0 radical (unpaired) electrons. The average Bonchev–Trinajstić information content (AvgIpc) is 2.84. The Morgan fingerprint density at radius 1 is 1.15 bits per heavy atom. The first-order chi connectivity index (χ1) is 12.4. The van der Waals surface area contributed by atoms with Gasteiger partial charge >= 0.3 is 0 Å². The van der Waals surface area contributed by atoms with Crippen LogP contribution in [-0.4, -0.2) is 22.8 Å². The monoisotopic (exact) mass is 375 g/mol. The van der Waals surface area contributed by atoms with Gasteiger partial charge < -0.3 is 14.6 Å². The SMILES string of the molecule is CC1(C)C(=O)Nc2ccc(OCCCC[S+]([O-])c3ccc(F)cc3)cc21. The van der Waals surface area contributed by atoms with Gasteiger partial charge in [-0.15, -0.1) is 0 Å². The summed E-state index contributed by atoms with van der Waals surface area (Å²) < 4.78 is 30.8. The molecule has 3 rings (SSSR count). The number of carbonyl (C=O) groups excluding carboxylic acids is 1. The number of benzene rings is 2. The van der Waals surface area contributed by atoms with Crippen LogP contribution < -0.4 is 10.1 Å². The van der Waals surface area contributed by atoms with Crippen molar-refractivity contribution >= 4 is 22.8 Å². The molecule has 0 aromatic heterocycles. The van der Waals surface area contributed by atoms with E-state index < -0.39 is 16.6 Å². The van der Waals surface area contributed by atoms with Gasteiger partial charge in [-0.1, -0.05) is 0 Å². The summed E-state index contributed by atoms with van der Waals surface area (Å²) in [5.41, 5.74) is 1.22. The largest absolute Gasteiger partial charge is 0.611 e. The number of hydrogen-bond acceptors (Lipinski definition) is 3. The number of hydrogen-bond donors (Lipinski definition) is 1. The van der Waals surface area contributed by atoms with Crippen LogP contribution in [0.4, 0.5) is 10.1 Å². The third-order valence-electron chi connectivity index (χ3n) is 4.55. The van der Waals surface area contributed by atoms with Crippen LogP contribution in [0.3, 0.4) is 0 Å². The van der Waals surface area contributed by atoms with E-state index in [1.165, 1.54) is 12.1 Å². The van der Waals surface area contributed by atoms with Crippen molar-refractivity contribution in [3.05, 3.63) is 53.8 Å². The summed E-state index contributed by atoms with van der Waals surface area (Å²) in [6.07, 6.45) is 1.52. The number of fused-ring (bicyclic) bond motifs is 1. The van der Waals surface area contributed by atoms with Gasteiger partial charge in [0.25, 0.3) is 0 Å². The fourth-order valence-electron chi connectivity index (χ4n) is 2.87. The minimum Gasteiger partial charge on any atom is -0.611 e. The molecule has 6 heteroatoms. The lowest BCUT2D eigenvalue weighted by Gasteiger charge is -2.16. The Balaban J connectivity index is 1.45. The van der Waals surface area contributed by atoms with Gasteiger partial charge in [-0.3, -0.25) is 4.79 Å². The van der Waals surface area contributed by atoms with Crippen LogP contribution in [0.25, 0.3) is 0 Å². The molecule has 0 spiro atoms. The molecule has 0 saturated carbocycles. The maximum Gasteiger partial charge on any atom is 0.234 e. The van der Waals surface area contributed by atoms with Gasteiger partial charge in [0.2, 0.25) is 5.91 Å². The van der Waals surface area contributed by atoms with E-state index in [1.54, 1.807) is 12.1 Å². The van der Waals surface area contributed by atoms with Crippen LogP contribution >= 0.6 is 0 Å². The molecule has 0 fully saturated rings. The van der Waals surface area contributed by atoms with Gasteiger partial charge in [0.05, 0.1) is 12.0 Å². The molecule has 2 aromatic carbocycles. The molecule has 2 aromatic rings. The van der Waals surface area contributed by atoms with Crippen molar-refractivity contribution in [2.24, 2.45) is 0 Å². The van der Waals surface area contributed by atoms with Crippen molar-refractivity contribution < 1.29 is 18.5 Å². The Hall–Kier alpha value is -2.05. The maximum absolute atomic E-state index is 12.9. The third-order valence-corrected chi connectivity index (χ3v) is 6.01. The number of rotatable bonds is 7. The number of halogens is 1. The quantitative estimate of drug-likeness (QED) is 0.587. The van der Waals surface area contributed by atoms with E-state index in [0.717, 1.165) is 29.8 Å². The normalized spacial score (nSPS) is 16.1. The lowest BCUT2D eigenvalue weighted by Crippen LogP contribution is -2.26. The standard InChI is InChI=1S/C20H22FNO3S/c1-20(2)17-13-15(7-10-18(17)22-19(20)23)25-11-3-4-12-26(24)16-8-5-14(21)6-9-16/h5-10,13H,3-4,11-12H2,1-2H3,(H,22,23). The zero-order chi connectivity index (χ0) is 18.7. The zero-order valence-corrected chi connectivity index (χ0v) is 15.7. The fraction of sp³-hybridized carbons (Fsp3) is 0.350. The minimum absolute atomic E-state index is 0.00655. The molecule has 1 aliphatic heterocycles. The highest BCUT2D eigenvalue weighted by Crippen LogP contribution is 2.39. The van der Waals surface area contributed by atoms with Crippen molar-refractivity contribution in [1.82, 2.24) is 0 Å². The molecule has 1 N–H and O–H groups in total. The molecule has 1 heterocycles. The van der Waals surface area contributed by atoms with Crippen molar-refractivity contribution in [3.8, 4) is 5.75 Å². The summed E-state index contributed by atoms with van der Waals surface area (Å²) in [4.78, 5) is 12.6. The zero-order valence-electron chi connectivity index (χ0n) is 14.9. The van der Waals surface area contributed by atoms with Crippen molar-refractivity contribution in [2.75, 3.05) is 17.7 Å². The summed E-state index contributed by atoms with van der Waals surface area (Å²) in [6, 6.07) is 11.4. The molecule has 1 atom stereocenters. The summed E-state index contributed by atoms with van der Waals surface area (Å²) in [5, 5.41) is 2.87. The molecule has 0 aliphatic carbocycles. The highest BCUT2D eigenvalue weighted by atomic mass is 32.2. The molecule has 138 valence electrons. The van der Waals surface area contributed by atoms with Crippen LogP contribution in [0, 0.1) is 5.82 Å². The second-order valence-corrected chi connectivity index (χ2v) is 8.42. The number of carbonyl (C=O) groups is 1. The fourth-order valence-corrected chi connectivity index (χ4v) is 4.01. The summed E-state index contributed by atoms with van der Waals surface area (Å²) in [7, 11) is 0. The van der Waals surface area contributed by atoms with Crippen LogP contribution in [0.15, 0.2) is 47.4 Å². The van der Waals surface area contributed by atoms with Gasteiger partial charge in [-0.05, 0) is 85.9 Å². The van der Waals surface area contributed by atoms with E-state index in [4.69, 9.17) is 4.74 Å². The predicted octanol–water partition coefficient (Wildman–Crippen LogP) is 4.02. The summed E-state index contributed by atoms with van der Waals surface area (Å²) in [6.45, 7) is 4.30. The van der Waals surface area contributed by atoms with Gasteiger partial charge in [-0.25, -0.2) is 4.39 Å². The van der Waals surface area contributed by atoms with E-state index in [2.05, 4.69) is 5.32 Å². The van der Waals surface area contributed by atoms with E-state index in [-0.39, 0.29) is 11.7 Å². The second kappa shape index (κ2) is 7.68. The number of anilines is 1. The van der Waals surface area contributed by atoms with Crippen LogP contribution in [0.2, 0.25) is 0 Å². The Labute approximate surface area is 155 Å². The maximum atomic E-state index is 12.9. The van der Waals surface area contributed by atoms with Gasteiger partial charge in [0.1, 0.15) is 17.3 Å². The molecule has 0 bridgehead atoms. The number of ether oxygens (including phenoxy) is 1.